The number of hydrogen-bond acceptors (Lipinski definition) is 6. The Bertz CT molecular complexity index is 1290. The maximum atomic E-state index is 13.0. The predicted molar refractivity (Wildman–Crippen MR) is 134 cm³/mol. The summed E-state index contributed by atoms with van der Waals surface area (Å²) in [5.41, 5.74) is 5.80. The van der Waals surface area contributed by atoms with E-state index in [9.17, 15) is 4.79 Å². The van der Waals surface area contributed by atoms with Gasteiger partial charge in [0.2, 0.25) is 0 Å². The Morgan fingerprint density at radius 2 is 1.74 bits per heavy atom. The molecule has 1 aliphatic rings. The number of benzene rings is 2. The van der Waals surface area contributed by atoms with Crippen LogP contribution in [-0.2, 0) is 11.2 Å². The number of fused-ring (bicyclic) bond motifs is 1. The third-order valence-electron chi connectivity index (χ3n) is 5.98. The van der Waals surface area contributed by atoms with E-state index < -0.39 is 0 Å². The minimum absolute atomic E-state index is 0.238. The van der Waals surface area contributed by atoms with Crippen molar-refractivity contribution in [1.29, 1.82) is 0 Å². The van der Waals surface area contributed by atoms with Crippen LogP contribution in [0.2, 0.25) is 0 Å². The van der Waals surface area contributed by atoms with E-state index in [1.54, 1.807) is 10.7 Å². The lowest BCUT2D eigenvalue weighted by atomic mass is 10.1. The summed E-state index contributed by atoms with van der Waals surface area (Å²) in [5.74, 6) is 0.506. The average Bonchev–Trinajstić information content (AvgIpc) is 3.30. The van der Waals surface area contributed by atoms with Gasteiger partial charge in [-0.2, -0.15) is 9.61 Å². The molecule has 1 aliphatic heterocycles. The summed E-state index contributed by atoms with van der Waals surface area (Å²) < 4.78 is 7.10. The van der Waals surface area contributed by atoms with Crippen molar-refractivity contribution in [3.05, 3.63) is 77.6 Å². The first kappa shape index (κ1) is 21.9. The van der Waals surface area contributed by atoms with E-state index in [1.165, 1.54) is 11.3 Å². The molecule has 8 heteroatoms. The van der Waals surface area contributed by atoms with Crippen molar-refractivity contribution in [2.24, 2.45) is 0 Å². The molecule has 1 fully saturated rings. The number of carbonyl (C=O) groups is 1. The molecule has 0 bridgehead atoms. The molecule has 0 atom stereocenters. The molecule has 1 saturated heterocycles. The van der Waals surface area contributed by atoms with Crippen LogP contribution in [0, 0.1) is 6.92 Å². The molecule has 2 N–H and O–H groups in total. The third kappa shape index (κ3) is 4.58. The summed E-state index contributed by atoms with van der Waals surface area (Å²) >= 11 is 0. The summed E-state index contributed by atoms with van der Waals surface area (Å²) in [4.78, 5) is 19.9. The molecule has 0 saturated carbocycles. The fourth-order valence-corrected chi connectivity index (χ4v) is 4.08. The molecule has 3 heterocycles. The number of amides is 1. The highest BCUT2D eigenvalue weighted by Gasteiger charge is 2.17. The van der Waals surface area contributed by atoms with E-state index in [4.69, 9.17) is 4.74 Å². The Balaban J connectivity index is 1.37. The number of rotatable bonds is 6. The van der Waals surface area contributed by atoms with Crippen molar-refractivity contribution < 1.29 is 9.53 Å². The molecular weight excluding hydrogens is 428 g/mol. The second-order valence-electron chi connectivity index (χ2n) is 8.35. The molecule has 0 spiro atoms. The SMILES string of the molecule is CCc1ccc(NC(=O)c2cnn3c(Nc4ccc(N5CCOCC5)cc4)cc(C)nc23)cc1. The Labute approximate surface area is 198 Å². The molecule has 0 unspecified atom stereocenters. The highest BCUT2D eigenvalue weighted by Crippen LogP contribution is 2.24. The van der Waals surface area contributed by atoms with E-state index in [-0.39, 0.29) is 5.91 Å². The van der Waals surface area contributed by atoms with Gasteiger partial charge >= 0.3 is 0 Å². The van der Waals surface area contributed by atoms with Crippen molar-refractivity contribution in [3.63, 3.8) is 0 Å². The van der Waals surface area contributed by atoms with E-state index in [2.05, 4.69) is 44.7 Å². The lowest BCUT2D eigenvalue weighted by Crippen LogP contribution is -2.36. The predicted octanol–water partition coefficient (Wildman–Crippen LogP) is 4.43. The van der Waals surface area contributed by atoms with Crippen molar-refractivity contribution in [2.75, 3.05) is 41.8 Å². The van der Waals surface area contributed by atoms with Crippen LogP contribution < -0.4 is 15.5 Å². The maximum Gasteiger partial charge on any atom is 0.261 e. The maximum absolute atomic E-state index is 13.0. The number of morpholine rings is 1. The number of nitrogens with zero attached hydrogens (tertiary/aromatic N) is 4. The summed E-state index contributed by atoms with van der Waals surface area (Å²) in [6.45, 7) is 7.33. The van der Waals surface area contributed by atoms with Gasteiger partial charge in [-0.05, 0) is 55.3 Å². The number of carbonyl (C=O) groups excluding carboxylic acids is 1. The second-order valence-corrected chi connectivity index (χ2v) is 8.35. The fraction of sp³-hybridized carbons (Fsp3) is 0.269. The Morgan fingerprint density at radius 3 is 2.44 bits per heavy atom. The highest BCUT2D eigenvalue weighted by molar-refractivity contribution is 6.08. The first-order valence-electron chi connectivity index (χ1n) is 11.6. The van der Waals surface area contributed by atoms with Gasteiger partial charge in [0.05, 0.1) is 19.4 Å². The van der Waals surface area contributed by atoms with Gasteiger partial charge in [0.1, 0.15) is 11.4 Å². The smallest absolute Gasteiger partial charge is 0.261 e. The number of ether oxygens (including phenoxy) is 1. The fourth-order valence-electron chi connectivity index (χ4n) is 4.08. The van der Waals surface area contributed by atoms with E-state index in [1.807, 2.05) is 49.4 Å². The number of aromatic nitrogens is 3. The molecule has 5 rings (SSSR count). The molecule has 34 heavy (non-hydrogen) atoms. The first-order valence-corrected chi connectivity index (χ1v) is 11.6. The lowest BCUT2D eigenvalue weighted by molar-refractivity contribution is 0.102. The zero-order chi connectivity index (χ0) is 23.5. The topological polar surface area (TPSA) is 83.8 Å². The van der Waals surface area contributed by atoms with Crippen LogP contribution >= 0.6 is 0 Å². The van der Waals surface area contributed by atoms with Crippen molar-refractivity contribution >= 4 is 34.4 Å². The quantitative estimate of drug-likeness (QED) is 0.447. The Kier molecular flexibility index (Phi) is 6.14. The van der Waals surface area contributed by atoms with Crippen LogP contribution in [0.3, 0.4) is 0 Å². The van der Waals surface area contributed by atoms with Crippen molar-refractivity contribution in [3.8, 4) is 0 Å². The van der Waals surface area contributed by atoms with Crippen LogP contribution in [-0.4, -0.2) is 46.8 Å². The minimum Gasteiger partial charge on any atom is -0.378 e. The normalized spacial score (nSPS) is 13.8. The Hall–Kier alpha value is -3.91. The minimum atomic E-state index is -0.238. The molecule has 174 valence electrons. The first-order chi connectivity index (χ1) is 16.6. The largest absolute Gasteiger partial charge is 0.378 e. The third-order valence-corrected chi connectivity index (χ3v) is 5.98. The zero-order valence-corrected chi connectivity index (χ0v) is 19.4. The lowest BCUT2D eigenvalue weighted by Gasteiger charge is -2.28. The van der Waals surface area contributed by atoms with Crippen molar-refractivity contribution in [2.45, 2.75) is 20.3 Å². The summed E-state index contributed by atoms with van der Waals surface area (Å²) in [6.07, 6.45) is 2.52. The van der Waals surface area contributed by atoms with Gasteiger partial charge in [0.25, 0.3) is 5.91 Å². The standard InChI is InChI=1S/C26H28N6O2/c1-3-19-4-6-21(7-5-19)30-26(33)23-17-27-32-24(16-18(2)28-25(23)32)29-20-8-10-22(11-9-20)31-12-14-34-15-13-31/h4-11,16-17,29H,3,12-15H2,1-2H3,(H,30,33). The average molecular weight is 457 g/mol. The van der Waals surface area contributed by atoms with Crippen LogP contribution in [0.15, 0.2) is 60.8 Å². The molecule has 2 aromatic carbocycles. The van der Waals surface area contributed by atoms with Gasteiger partial charge < -0.3 is 20.3 Å². The number of hydrogen-bond donors (Lipinski definition) is 2. The molecule has 0 aliphatic carbocycles. The number of nitrogens with one attached hydrogen (secondary N) is 2. The van der Waals surface area contributed by atoms with Crippen LogP contribution in [0.4, 0.5) is 22.9 Å². The van der Waals surface area contributed by atoms with Crippen LogP contribution in [0.1, 0.15) is 28.5 Å². The summed E-state index contributed by atoms with van der Waals surface area (Å²) in [5, 5.41) is 10.8. The molecule has 0 radical (unpaired) electrons. The molecule has 1 amide bonds. The number of anilines is 4. The van der Waals surface area contributed by atoms with E-state index in [0.717, 1.165) is 55.6 Å². The second kappa shape index (κ2) is 9.52. The summed E-state index contributed by atoms with van der Waals surface area (Å²) in [7, 11) is 0. The zero-order valence-electron chi connectivity index (χ0n) is 19.4. The van der Waals surface area contributed by atoms with E-state index >= 15 is 0 Å². The van der Waals surface area contributed by atoms with Gasteiger partial charge in [-0.1, -0.05) is 19.1 Å². The highest BCUT2D eigenvalue weighted by atomic mass is 16.5. The van der Waals surface area contributed by atoms with Gasteiger partial charge in [0, 0.05) is 41.9 Å². The molecular formula is C26H28N6O2. The van der Waals surface area contributed by atoms with Crippen molar-refractivity contribution in [1.82, 2.24) is 14.6 Å². The van der Waals surface area contributed by atoms with Gasteiger partial charge in [-0.3, -0.25) is 4.79 Å². The Morgan fingerprint density at radius 1 is 1.03 bits per heavy atom. The van der Waals surface area contributed by atoms with Gasteiger partial charge in [0.15, 0.2) is 5.65 Å². The van der Waals surface area contributed by atoms with E-state index in [0.29, 0.717) is 11.2 Å². The molecule has 8 nitrogen and oxygen atoms in total. The van der Waals surface area contributed by atoms with Crippen LogP contribution in [0.25, 0.3) is 5.65 Å². The van der Waals surface area contributed by atoms with Gasteiger partial charge in [-0.25, -0.2) is 4.98 Å². The molecule has 2 aromatic heterocycles. The van der Waals surface area contributed by atoms with Crippen LogP contribution in [0.5, 0.6) is 0 Å². The van der Waals surface area contributed by atoms with Gasteiger partial charge in [-0.15, -0.1) is 0 Å². The number of aryl methyl sites for hydroxylation is 2. The molecule has 4 aromatic rings. The summed E-state index contributed by atoms with van der Waals surface area (Å²) in [6, 6.07) is 18.1. The monoisotopic (exact) mass is 456 g/mol.